The van der Waals surface area contributed by atoms with Gasteiger partial charge in [-0.1, -0.05) is 6.42 Å². The smallest absolute Gasteiger partial charge is 0.305 e. The van der Waals surface area contributed by atoms with Crippen LogP contribution < -0.4 is 5.73 Å². The van der Waals surface area contributed by atoms with Gasteiger partial charge in [-0.3, -0.25) is 9.59 Å². The maximum Gasteiger partial charge on any atom is 0.305 e. The molecule has 18 heavy (non-hydrogen) atoms. The summed E-state index contributed by atoms with van der Waals surface area (Å²) in [6.45, 7) is 1.18. The van der Waals surface area contributed by atoms with E-state index in [4.69, 9.17) is 5.73 Å². The zero-order chi connectivity index (χ0) is 13.6. The molecule has 1 amide bonds. The first-order valence-corrected chi connectivity index (χ1v) is 6.54. The summed E-state index contributed by atoms with van der Waals surface area (Å²) < 4.78 is 4.56. The molecule has 0 saturated heterocycles. The third-order valence-electron chi connectivity index (χ3n) is 3.90. The molecule has 1 rings (SSSR count). The first-order valence-electron chi connectivity index (χ1n) is 6.54. The van der Waals surface area contributed by atoms with Crippen molar-refractivity contribution in [2.75, 3.05) is 27.2 Å². The molecule has 0 heterocycles. The van der Waals surface area contributed by atoms with Crippen molar-refractivity contribution >= 4 is 11.9 Å². The number of nitrogens with two attached hydrogens (primary N) is 1. The number of ether oxygens (including phenoxy) is 1. The van der Waals surface area contributed by atoms with Gasteiger partial charge in [-0.15, -0.1) is 0 Å². The van der Waals surface area contributed by atoms with Crippen molar-refractivity contribution in [1.29, 1.82) is 0 Å². The van der Waals surface area contributed by atoms with Gasteiger partial charge in [0.05, 0.1) is 7.11 Å². The van der Waals surface area contributed by atoms with Crippen LogP contribution in [0.5, 0.6) is 0 Å². The van der Waals surface area contributed by atoms with Gasteiger partial charge in [-0.25, -0.2) is 0 Å². The summed E-state index contributed by atoms with van der Waals surface area (Å²) in [6.07, 6.45) is 4.84. The fourth-order valence-corrected chi connectivity index (χ4v) is 2.27. The summed E-state index contributed by atoms with van der Waals surface area (Å²) in [5.41, 5.74) is 5.79. The molecule has 0 aliphatic heterocycles. The Balaban J connectivity index is 2.26. The van der Waals surface area contributed by atoms with Crippen LogP contribution in [0, 0.1) is 5.41 Å². The summed E-state index contributed by atoms with van der Waals surface area (Å²) in [4.78, 5) is 24.7. The number of nitrogens with zero attached hydrogens (tertiary/aromatic N) is 1. The van der Waals surface area contributed by atoms with E-state index in [2.05, 4.69) is 4.74 Å². The van der Waals surface area contributed by atoms with Gasteiger partial charge >= 0.3 is 5.97 Å². The lowest BCUT2D eigenvalue weighted by molar-refractivity contribution is -0.141. The molecular formula is C13H24N2O3. The standard InChI is InChI=1S/C13H24N2O3/c1-15(8-3-5-12(17)18-2)11(16)9-13(10-14)6-4-7-13/h3-10,14H2,1-2H3. The minimum atomic E-state index is -0.228. The van der Waals surface area contributed by atoms with E-state index in [1.807, 2.05) is 0 Å². The maximum absolute atomic E-state index is 12.0. The topological polar surface area (TPSA) is 72.6 Å². The predicted octanol–water partition coefficient (Wildman–Crippen LogP) is 0.917. The van der Waals surface area contributed by atoms with E-state index in [9.17, 15) is 9.59 Å². The number of esters is 1. The van der Waals surface area contributed by atoms with Crippen LogP contribution in [-0.2, 0) is 14.3 Å². The van der Waals surface area contributed by atoms with E-state index in [0.29, 0.717) is 32.4 Å². The van der Waals surface area contributed by atoms with Crippen molar-refractivity contribution in [3.05, 3.63) is 0 Å². The molecule has 0 spiro atoms. The second kappa shape index (κ2) is 6.73. The maximum atomic E-state index is 12.0. The van der Waals surface area contributed by atoms with Gasteiger partial charge in [-0.2, -0.15) is 0 Å². The Hall–Kier alpha value is -1.10. The highest BCUT2D eigenvalue weighted by Gasteiger charge is 2.38. The molecule has 104 valence electrons. The van der Waals surface area contributed by atoms with Crippen molar-refractivity contribution in [2.24, 2.45) is 11.1 Å². The zero-order valence-electron chi connectivity index (χ0n) is 11.4. The van der Waals surface area contributed by atoms with E-state index >= 15 is 0 Å². The SMILES string of the molecule is COC(=O)CCCN(C)C(=O)CC1(CN)CCC1. The van der Waals surface area contributed by atoms with E-state index in [0.717, 1.165) is 12.8 Å². The Morgan fingerprint density at radius 2 is 2.06 bits per heavy atom. The van der Waals surface area contributed by atoms with Crippen molar-refractivity contribution in [2.45, 2.75) is 38.5 Å². The lowest BCUT2D eigenvalue weighted by Crippen LogP contribution is -2.42. The van der Waals surface area contributed by atoms with Crippen LogP contribution in [0.4, 0.5) is 0 Å². The molecule has 0 aromatic rings. The second-order valence-electron chi connectivity index (χ2n) is 5.23. The van der Waals surface area contributed by atoms with Crippen LogP contribution in [0.3, 0.4) is 0 Å². The number of hydrogen-bond acceptors (Lipinski definition) is 4. The Morgan fingerprint density at radius 3 is 2.50 bits per heavy atom. The summed E-state index contributed by atoms with van der Waals surface area (Å²) in [6, 6.07) is 0. The third kappa shape index (κ3) is 3.98. The van der Waals surface area contributed by atoms with Crippen molar-refractivity contribution in [3.8, 4) is 0 Å². The molecule has 0 atom stereocenters. The minimum Gasteiger partial charge on any atom is -0.469 e. The number of carbonyl (C=O) groups excluding carboxylic acids is 2. The molecule has 1 aliphatic rings. The molecule has 0 aromatic heterocycles. The number of rotatable bonds is 7. The Labute approximate surface area is 109 Å². The van der Waals surface area contributed by atoms with Crippen LogP contribution in [0.2, 0.25) is 0 Å². The highest BCUT2D eigenvalue weighted by Crippen LogP contribution is 2.43. The van der Waals surface area contributed by atoms with Crippen molar-refractivity contribution in [3.63, 3.8) is 0 Å². The Bertz CT molecular complexity index is 295. The lowest BCUT2D eigenvalue weighted by Gasteiger charge is -2.41. The molecular weight excluding hydrogens is 232 g/mol. The molecule has 2 N–H and O–H groups in total. The summed E-state index contributed by atoms with van der Waals surface area (Å²) >= 11 is 0. The van der Waals surface area contributed by atoms with Crippen molar-refractivity contribution in [1.82, 2.24) is 4.90 Å². The highest BCUT2D eigenvalue weighted by molar-refractivity contribution is 5.77. The van der Waals surface area contributed by atoms with Gasteiger partial charge in [0.15, 0.2) is 0 Å². The monoisotopic (exact) mass is 256 g/mol. The van der Waals surface area contributed by atoms with Gasteiger partial charge in [0, 0.05) is 26.4 Å². The van der Waals surface area contributed by atoms with E-state index in [-0.39, 0.29) is 17.3 Å². The summed E-state index contributed by atoms with van der Waals surface area (Å²) in [7, 11) is 3.15. The fourth-order valence-electron chi connectivity index (χ4n) is 2.27. The number of carbonyl (C=O) groups is 2. The summed E-state index contributed by atoms with van der Waals surface area (Å²) in [5, 5.41) is 0. The van der Waals surface area contributed by atoms with E-state index < -0.39 is 0 Å². The van der Waals surface area contributed by atoms with Gasteiger partial charge < -0.3 is 15.4 Å². The number of amides is 1. The van der Waals surface area contributed by atoms with Crippen LogP contribution in [-0.4, -0.2) is 44.0 Å². The number of hydrogen-bond donors (Lipinski definition) is 1. The molecule has 5 nitrogen and oxygen atoms in total. The van der Waals surface area contributed by atoms with E-state index in [1.54, 1.807) is 11.9 Å². The molecule has 1 aliphatic carbocycles. The normalized spacial score (nSPS) is 16.8. The Kier molecular flexibility index (Phi) is 5.59. The summed E-state index contributed by atoms with van der Waals surface area (Å²) in [5.74, 6) is -0.0988. The molecule has 1 saturated carbocycles. The van der Waals surface area contributed by atoms with Gasteiger partial charge in [-0.05, 0) is 31.2 Å². The zero-order valence-corrected chi connectivity index (χ0v) is 11.4. The predicted molar refractivity (Wildman–Crippen MR) is 68.8 cm³/mol. The third-order valence-corrected chi connectivity index (χ3v) is 3.90. The van der Waals surface area contributed by atoms with Crippen molar-refractivity contribution < 1.29 is 14.3 Å². The molecule has 1 fully saturated rings. The molecule has 0 aromatic carbocycles. The molecule has 0 radical (unpaired) electrons. The average Bonchev–Trinajstić information content (AvgIpc) is 2.33. The molecule has 0 bridgehead atoms. The molecule has 5 heteroatoms. The first-order chi connectivity index (χ1) is 8.53. The first kappa shape index (κ1) is 15.0. The van der Waals surface area contributed by atoms with Gasteiger partial charge in [0.1, 0.15) is 0 Å². The van der Waals surface area contributed by atoms with Crippen LogP contribution in [0.1, 0.15) is 38.5 Å². The van der Waals surface area contributed by atoms with Crippen LogP contribution in [0.25, 0.3) is 0 Å². The highest BCUT2D eigenvalue weighted by atomic mass is 16.5. The minimum absolute atomic E-state index is 0.0493. The largest absolute Gasteiger partial charge is 0.469 e. The number of methoxy groups -OCH3 is 1. The van der Waals surface area contributed by atoms with E-state index in [1.165, 1.54) is 13.5 Å². The van der Waals surface area contributed by atoms with Gasteiger partial charge in [0.2, 0.25) is 5.91 Å². The lowest BCUT2D eigenvalue weighted by atomic mass is 9.66. The second-order valence-corrected chi connectivity index (χ2v) is 5.23. The van der Waals surface area contributed by atoms with Crippen LogP contribution >= 0.6 is 0 Å². The quantitative estimate of drug-likeness (QED) is 0.687. The van der Waals surface area contributed by atoms with Gasteiger partial charge in [0.25, 0.3) is 0 Å². The Morgan fingerprint density at radius 1 is 1.39 bits per heavy atom. The molecule has 0 unspecified atom stereocenters. The van der Waals surface area contributed by atoms with Crippen LogP contribution in [0.15, 0.2) is 0 Å². The fraction of sp³-hybridized carbons (Fsp3) is 0.846. The average molecular weight is 256 g/mol.